The number of carbonyl (C=O) groups is 3. The predicted molar refractivity (Wildman–Crippen MR) is 256 cm³/mol. The average molecular weight is 841 g/mol. The lowest BCUT2D eigenvalue weighted by atomic mass is 10.0. The molecule has 0 N–H and O–H groups in total. The topological polar surface area (TPSA) is 78.9 Å². The summed E-state index contributed by atoms with van der Waals surface area (Å²) in [5.74, 6) is -0.939. The van der Waals surface area contributed by atoms with Gasteiger partial charge in [-0.05, 0) is 77.0 Å². The minimum atomic E-state index is -0.792. The number of carbonyl (C=O) groups excluding carboxylic acids is 3. The van der Waals surface area contributed by atoms with Gasteiger partial charge in [-0.25, -0.2) is 0 Å². The molecule has 348 valence electrons. The Morgan fingerprint density at radius 3 is 1.08 bits per heavy atom. The van der Waals surface area contributed by atoms with E-state index in [0.29, 0.717) is 19.3 Å². The molecule has 6 nitrogen and oxygen atoms in total. The molecule has 0 aliphatic rings. The maximum atomic E-state index is 12.8. The SMILES string of the molecule is CC/C=C\C/C=C\C/C=C\CCCCC(=O)OCC(COC(=O)CCCCCCCCCCCCCCCCCC)OC(=O)CCCCC/C=C\CCCCCCCCC. The van der Waals surface area contributed by atoms with Crippen LogP contribution in [-0.4, -0.2) is 37.2 Å². The average Bonchev–Trinajstić information content (AvgIpc) is 3.24. The maximum Gasteiger partial charge on any atom is 0.306 e. The van der Waals surface area contributed by atoms with Crippen molar-refractivity contribution in [3.8, 4) is 0 Å². The van der Waals surface area contributed by atoms with Gasteiger partial charge in [0.05, 0.1) is 0 Å². The van der Waals surface area contributed by atoms with Gasteiger partial charge in [0.15, 0.2) is 6.10 Å². The number of hydrogen-bond acceptors (Lipinski definition) is 6. The lowest BCUT2D eigenvalue weighted by Crippen LogP contribution is -2.30. The van der Waals surface area contributed by atoms with Crippen LogP contribution in [0.5, 0.6) is 0 Å². The van der Waals surface area contributed by atoms with Crippen molar-refractivity contribution in [3.05, 3.63) is 48.6 Å². The number of ether oxygens (including phenoxy) is 3. The van der Waals surface area contributed by atoms with Gasteiger partial charge in [0, 0.05) is 19.3 Å². The van der Waals surface area contributed by atoms with E-state index in [0.717, 1.165) is 89.9 Å². The highest BCUT2D eigenvalue weighted by molar-refractivity contribution is 5.71. The second-order valence-electron chi connectivity index (χ2n) is 17.1. The van der Waals surface area contributed by atoms with Crippen LogP contribution in [0.2, 0.25) is 0 Å². The fourth-order valence-corrected chi connectivity index (χ4v) is 7.22. The third-order valence-electron chi connectivity index (χ3n) is 11.1. The molecule has 0 fully saturated rings. The second-order valence-corrected chi connectivity index (χ2v) is 17.1. The van der Waals surface area contributed by atoms with Gasteiger partial charge < -0.3 is 14.2 Å². The number of rotatable bonds is 46. The quantitative estimate of drug-likeness (QED) is 0.0263. The van der Waals surface area contributed by atoms with Crippen molar-refractivity contribution in [1.82, 2.24) is 0 Å². The van der Waals surface area contributed by atoms with E-state index in [9.17, 15) is 14.4 Å². The molecule has 0 heterocycles. The highest BCUT2D eigenvalue weighted by Gasteiger charge is 2.19. The predicted octanol–water partition coefficient (Wildman–Crippen LogP) is 16.7. The van der Waals surface area contributed by atoms with Crippen molar-refractivity contribution in [2.75, 3.05) is 13.2 Å². The third-order valence-corrected chi connectivity index (χ3v) is 11.1. The summed E-state index contributed by atoms with van der Waals surface area (Å²) < 4.78 is 16.7. The molecule has 0 amide bonds. The summed E-state index contributed by atoms with van der Waals surface area (Å²) in [6.07, 6.45) is 58.2. The Bertz CT molecular complexity index is 1060. The monoisotopic (exact) mass is 841 g/mol. The van der Waals surface area contributed by atoms with Gasteiger partial charge in [-0.3, -0.25) is 14.4 Å². The zero-order chi connectivity index (χ0) is 43.7. The van der Waals surface area contributed by atoms with Crippen LogP contribution in [0.4, 0.5) is 0 Å². The van der Waals surface area contributed by atoms with Crippen LogP contribution in [0, 0.1) is 0 Å². The van der Waals surface area contributed by atoms with Crippen molar-refractivity contribution in [2.45, 2.75) is 264 Å². The Labute approximate surface area is 371 Å². The van der Waals surface area contributed by atoms with E-state index >= 15 is 0 Å². The van der Waals surface area contributed by atoms with Crippen LogP contribution in [0.25, 0.3) is 0 Å². The van der Waals surface area contributed by atoms with Crippen molar-refractivity contribution in [2.24, 2.45) is 0 Å². The molecule has 60 heavy (non-hydrogen) atoms. The van der Waals surface area contributed by atoms with Gasteiger partial charge in [-0.1, -0.05) is 211 Å². The Morgan fingerprint density at radius 2 is 0.650 bits per heavy atom. The van der Waals surface area contributed by atoms with Crippen LogP contribution in [0.3, 0.4) is 0 Å². The Hall–Kier alpha value is -2.63. The summed E-state index contributed by atoms with van der Waals surface area (Å²) in [5.41, 5.74) is 0. The van der Waals surface area contributed by atoms with E-state index in [2.05, 4.69) is 69.4 Å². The zero-order valence-electron chi connectivity index (χ0n) is 39.7. The minimum absolute atomic E-state index is 0.0889. The van der Waals surface area contributed by atoms with Crippen LogP contribution < -0.4 is 0 Å². The molecule has 0 aliphatic heterocycles. The molecule has 6 heteroatoms. The van der Waals surface area contributed by atoms with E-state index in [1.165, 1.54) is 128 Å². The van der Waals surface area contributed by atoms with Gasteiger partial charge >= 0.3 is 17.9 Å². The number of esters is 3. The molecule has 0 aromatic rings. The summed E-state index contributed by atoms with van der Waals surface area (Å²) in [4.78, 5) is 37.9. The van der Waals surface area contributed by atoms with E-state index in [4.69, 9.17) is 14.2 Å². The molecule has 0 aromatic heterocycles. The van der Waals surface area contributed by atoms with Crippen molar-refractivity contribution in [1.29, 1.82) is 0 Å². The standard InChI is InChI=1S/C54H96O6/c1-4-7-10-13-16-19-22-25-27-28-30-32-35-38-41-44-47-53(56)59-50-51(49-58-52(55)46-43-40-37-34-31-24-21-18-15-12-9-6-3)60-54(57)48-45-42-39-36-33-29-26-23-20-17-14-11-8-5-2/h9,12,18,21,29,31,33-34,51H,4-8,10-11,13-17,19-20,22-28,30,32,35-50H2,1-3H3/b12-9-,21-18-,33-29-,34-31-. The number of unbranched alkanes of at least 4 members (excludes halogenated alkanes) is 27. The molecule has 0 radical (unpaired) electrons. The van der Waals surface area contributed by atoms with E-state index in [1.807, 2.05) is 0 Å². The molecule has 0 rings (SSSR count). The first-order chi connectivity index (χ1) is 29.5. The lowest BCUT2D eigenvalue weighted by Gasteiger charge is -2.18. The Kier molecular flexibility index (Phi) is 46.9. The Balaban J connectivity index is 4.40. The second kappa shape index (κ2) is 49.0. The fraction of sp³-hybridized carbons (Fsp3) is 0.796. The Morgan fingerprint density at radius 1 is 0.350 bits per heavy atom. The van der Waals surface area contributed by atoms with E-state index in [-0.39, 0.29) is 31.1 Å². The number of allylic oxidation sites excluding steroid dienone is 8. The molecular formula is C54H96O6. The number of hydrogen-bond donors (Lipinski definition) is 0. The van der Waals surface area contributed by atoms with E-state index < -0.39 is 6.10 Å². The molecule has 0 saturated carbocycles. The fourth-order valence-electron chi connectivity index (χ4n) is 7.22. The summed E-state index contributed by atoms with van der Waals surface area (Å²) in [6, 6.07) is 0. The lowest BCUT2D eigenvalue weighted by molar-refractivity contribution is -0.167. The molecule has 1 unspecified atom stereocenters. The molecule has 0 bridgehead atoms. The van der Waals surface area contributed by atoms with Gasteiger partial charge in [-0.15, -0.1) is 0 Å². The zero-order valence-corrected chi connectivity index (χ0v) is 39.7. The maximum absolute atomic E-state index is 12.8. The molecule has 1 atom stereocenters. The largest absolute Gasteiger partial charge is 0.462 e. The summed E-state index contributed by atoms with van der Waals surface area (Å²) in [5, 5.41) is 0. The molecular weight excluding hydrogens is 745 g/mol. The van der Waals surface area contributed by atoms with Gasteiger partial charge in [0.2, 0.25) is 0 Å². The molecule has 0 spiro atoms. The minimum Gasteiger partial charge on any atom is -0.462 e. The molecule has 0 saturated heterocycles. The third kappa shape index (κ3) is 46.4. The molecule has 0 aromatic carbocycles. The normalized spacial score (nSPS) is 12.4. The van der Waals surface area contributed by atoms with Crippen LogP contribution in [-0.2, 0) is 28.6 Å². The van der Waals surface area contributed by atoms with E-state index in [1.54, 1.807) is 0 Å². The van der Waals surface area contributed by atoms with Crippen molar-refractivity contribution < 1.29 is 28.6 Å². The van der Waals surface area contributed by atoms with Gasteiger partial charge in [0.1, 0.15) is 13.2 Å². The van der Waals surface area contributed by atoms with Crippen LogP contribution in [0.1, 0.15) is 258 Å². The smallest absolute Gasteiger partial charge is 0.306 e. The summed E-state index contributed by atoms with van der Waals surface area (Å²) in [6.45, 7) is 6.49. The van der Waals surface area contributed by atoms with Gasteiger partial charge in [0.25, 0.3) is 0 Å². The first-order valence-electron chi connectivity index (χ1n) is 25.6. The van der Waals surface area contributed by atoms with Crippen LogP contribution >= 0.6 is 0 Å². The highest BCUT2D eigenvalue weighted by atomic mass is 16.6. The summed E-state index contributed by atoms with van der Waals surface area (Å²) >= 11 is 0. The van der Waals surface area contributed by atoms with Crippen molar-refractivity contribution in [3.63, 3.8) is 0 Å². The summed E-state index contributed by atoms with van der Waals surface area (Å²) in [7, 11) is 0. The van der Waals surface area contributed by atoms with Crippen LogP contribution in [0.15, 0.2) is 48.6 Å². The van der Waals surface area contributed by atoms with Gasteiger partial charge in [-0.2, -0.15) is 0 Å². The first kappa shape index (κ1) is 57.4. The highest BCUT2D eigenvalue weighted by Crippen LogP contribution is 2.15. The molecule has 0 aliphatic carbocycles. The van der Waals surface area contributed by atoms with Crippen molar-refractivity contribution >= 4 is 17.9 Å². The first-order valence-corrected chi connectivity index (χ1v) is 25.6.